The second-order valence-corrected chi connectivity index (χ2v) is 3.09. The molecule has 0 radical (unpaired) electrons. The highest BCUT2D eigenvalue weighted by Crippen LogP contribution is 2.25. The van der Waals surface area contributed by atoms with Crippen LogP contribution < -0.4 is 0 Å². The lowest BCUT2D eigenvalue weighted by Gasteiger charge is -2.08. The Morgan fingerprint density at radius 3 is 2.57 bits per heavy atom. The normalized spacial score (nSPS) is 12.6. The molecule has 0 amide bonds. The van der Waals surface area contributed by atoms with E-state index in [1.807, 2.05) is 0 Å². The van der Waals surface area contributed by atoms with E-state index in [1.165, 1.54) is 6.92 Å². The van der Waals surface area contributed by atoms with Crippen LogP contribution in [0.2, 0.25) is 0 Å². The van der Waals surface area contributed by atoms with Crippen molar-refractivity contribution in [1.82, 2.24) is 0 Å². The van der Waals surface area contributed by atoms with Gasteiger partial charge >= 0.3 is 5.69 Å². The van der Waals surface area contributed by atoms with Crippen molar-refractivity contribution >= 4 is 5.69 Å². The second-order valence-electron chi connectivity index (χ2n) is 3.09. The Balaban J connectivity index is 3.34. The highest BCUT2D eigenvalue weighted by Gasteiger charge is 2.18. The van der Waals surface area contributed by atoms with E-state index in [4.69, 9.17) is 0 Å². The highest BCUT2D eigenvalue weighted by molar-refractivity contribution is 5.41. The molecule has 1 unspecified atom stereocenters. The molecule has 0 spiro atoms. The number of nitrogens with zero attached hydrogens (tertiary/aromatic N) is 1. The van der Waals surface area contributed by atoms with Gasteiger partial charge < -0.3 is 5.11 Å². The summed E-state index contributed by atoms with van der Waals surface area (Å²) in [6.45, 7) is 3.07. The summed E-state index contributed by atoms with van der Waals surface area (Å²) in [4.78, 5) is 9.59. The Hall–Kier alpha value is -1.49. The standard InChI is InChI=1S/C9H10FNO3/c1-5-3-8(10)9(11(13)14)4-7(5)6(2)12/h3-4,6,12H,1-2H3. The number of hydrogen-bond donors (Lipinski definition) is 1. The zero-order valence-corrected chi connectivity index (χ0v) is 7.82. The van der Waals surface area contributed by atoms with Crippen LogP contribution in [0.15, 0.2) is 12.1 Å². The molecule has 1 aromatic rings. The lowest BCUT2D eigenvalue weighted by atomic mass is 10.0. The number of hydrogen-bond acceptors (Lipinski definition) is 3. The Bertz CT molecular complexity index is 377. The minimum Gasteiger partial charge on any atom is -0.389 e. The van der Waals surface area contributed by atoms with E-state index in [1.54, 1.807) is 6.92 Å². The fraction of sp³-hybridized carbons (Fsp3) is 0.333. The predicted octanol–water partition coefficient (Wildman–Crippen LogP) is 2.10. The number of aliphatic hydroxyl groups is 1. The SMILES string of the molecule is Cc1cc(F)c([N+](=O)[O-])cc1C(C)O. The molecule has 0 saturated heterocycles. The molecule has 0 saturated carbocycles. The number of nitro benzene ring substituents is 1. The van der Waals surface area contributed by atoms with Crippen molar-refractivity contribution in [2.24, 2.45) is 0 Å². The van der Waals surface area contributed by atoms with Crippen molar-refractivity contribution in [1.29, 1.82) is 0 Å². The number of nitro groups is 1. The van der Waals surface area contributed by atoms with Gasteiger partial charge in [0.2, 0.25) is 5.82 Å². The monoisotopic (exact) mass is 199 g/mol. The fourth-order valence-electron chi connectivity index (χ4n) is 1.27. The molecule has 0 bridgehead atoms. The Morgan fingerprint density at radius 1 is 1.57 bits per heavy atom. The van der Waals surface area contributed by atoms with Gasteiger partial charge in [0.25, 0.3) is 0 Å². The van der Waals surface area contributed by atoms with Crippen LogP contribution in [0.3, 0.4) is 0 Å². The molecule has 4 nitrogen and oxygen atoms in total. The maximum Gasteiger partial charge on any atom is 0.305 e. The summed E-state index contributed by atoms with van der Waals surface area (Å²) in [6.07, 6.45) is -0.839. The molecule has 1 rings (SSSR count). The largest absolute Gasteiger partial charge is 0.389 e. The number of aryl methyl sites for hydroxylation is 1. The fourth-order valence-corrected chi connectivity index (χ4v) is 1.27. The Labute approximate surface area is 80.1 Å². The molecule has 0 aliphatic heterocycles. The molecule has 14 heavy (non-hydrogen) atoms. The van der Waals surface area contributed by atoms with Gasteiger partial charge in [0.15, 0.2) is 0 Å². The number of halogens is 1. The second kappa shape index (κ2) is 3.71. The predicted molar refractivity (Wildman–Crippen MR) is 48.4 cm³/mol. The lowest BCUT2D eigenvalue weighted by Crippen LogP contribution is -2.00. The van der Waals surface area contributed by atoms with Gasteiger partial charge in [-0.05, 0) is 31.0 Å². The summed E-state index contributed by atoms with van der Waals surface area (Å²) >= 11 is 0. The zero-order valence-electron chi connectivity index (χ0n) is 7.82. The molecule has 1 aromatic carbocycles. The van der Waals surface area contributed by atoms with Gasteiger partial charge in [-0.25, -0.2) is 0 Å². The van der Waals surface area contributed by atoms with Crippen molar-refractivity contribution in [3.05, 3.63) is 39.2 Å². The van der Waals surface area contributed by atoms with Gasteiger partial charge in [0, 0.05) is 6.07 Å². The summed E-state index contributed by atoms with van der Waals surface area (Å²) in [6, 6.07) is 2.12. The van der Waals surface area contributed by atoms with Crippen LogP contribution in [0.5, 0.6) is 0 Å². The van der Waals surface area contributed by atoms with Crippen molar-refractivity contribution < 1.29 is 14.4 Å². The van der Waals surface area contributed by atoms with Crippen molar-refractivity contribution in [3.63, 3.8) is 0 Å². The van der Waals surface area contributed by atoms with E-state index in [0.29, 0.717) is 11.1 Å². The molecule has 0 aliphatic rings. The summed E-state index contributed by atoms with van der Waals surface area (Å²) in [5.74, 6) is -0.878. The van der Waals surface area contributed by atoms with Crippen molar-refractivity contribution in [2.45, 2.75) is 20.0 Å². The van der Waals surface area contributed by atoms with Crippen LogP contribution in [-0.4, -0.2) is 10.0 Å². The van der Waals surface area contributed by atoms with Crippen molar-refractivity contribution in [2.75, 3.05) is 0 Å². The van der Waals surface area contributed by atoms with Crippen molar-refractivity contribution in [3.8, 4) is 0 Å². The van der Waals surface area contributed by atoms with Crippen LogP contribution in [0.1, 0.15) is 24.2 Å². The minimum atomic E-state index is -0.878. The maximum atomic E-state index is 13.0. The third-order valence-corrected chi connectivity index (χ3v) is 1.98. The molecular formula is C9H10FNO3. The lowest BCUT2D eigenvalue weighted by molar-refractivity contribution is -0.387. The summed E-state index contributed by atoms with van der Waals surface area (Å²) in [7, 11) is 0. The number of rotatable bonds is 2. The molecule has 5 heteroatoms. The van der Waals surface area contributed by atoms with E-state index in [9.17, 15) is 19.6 Å². The van der Waals surface area contributed by atoms with Crippen LogP contribution >= 0.6 is 0 Å². The molecule has 1 atom stereocenters. The van der Waals surface area contributed by atoms with E-state index < -0.39 is 22.5 Å². The summed E-state index contributed by atoms with van der Waals surface area (Å²) in [5.41, 5.74) is 0.271. The average molecular weight is 199 g/mol. The smallest absolute Gasteiger partial charge is 0.305 e. The number of aliphatic hydroxyl groups excluding tert-OH is 1. The molecule has 76 valence electrons. The molecular weight excluding hydrogens is 189 g/mol. The van der Waals surface area contributed by atoms with E-state index in [0.717, 1.165) is 12.1 Å². The molecule has 0 aliphatic carbocycles. The quantitative estimate of drug-likeness (QED) is 0.586. The highest BCUT2D eigenvalue weighted by atomic mass is 19.1. The molecule has 1 N–H and O–H groups in total. The maximum absolute atomic E-state index is 13.0. The first-order chi connectivity index (χ1) is 6.43. The van der Waals surface area contributed by atoms with Gasteiger partial charge in [-0.1, -0.05) is 0 Å². The van der Waals surface area contributed by atoms with Gasteiger partial charge in [-0.2, -0.15) is 4.39 Å². The third-order valence-electron chi connectivity index (χ3n) is 1.98. The van der Waals surface area contributed by atoms with E-state index >= 15 is 0 Å². The van der Waals surface area contributed by atoms with Crippen LogP contribution in [0.4, 0.5) is 10.1 Å². The van der Waals surface area contributed by atoms with Gasteiger partial charge in [0.1, 0.15) is 0 Å². The Kier molecular flexibility index (Phi) is 2.81. The first-order valence-corrected chi connectivity index (χ1v) is 4.06. The molecule has 0 fully saturated rings. The third kappa shape index (κ3) is 1.88. The minimum absolute atomic E-state index is 0.373. The van der Waals surface area contributed by atoms with Gasteiger partial charge in [-0.15, -0.1) is 0 Å². The van der Waals surface area contributed by atoms with Gasteiger partial charge in [-0.3, -0.25) is 10.1 Å². The van der Waals surface area contributed by atoms with Gasteiger partial charge in [0.05, 0.1) is 11.0 Å². The van der Waals surface area contributed by atoms with Crippen LogP contribution in [-0.2, 0) is 0 Å². The number of benzene rings is 1. The molecule has 0 aromatic heterocycles. The van der Waals surface area contributed by atoms with E-state index in [2.05, 4.69) is 0 Å². The zero-order chi connectivity index (χ0) is 10.9. The topological polar surface area (TPSA) is 63.4 Å². The first-order valence-electron chi connectivity index (χ1n) is 4.06. The van der Waals surface area contributed by atoms with E-state index in [-0.39, 0.29) is 0 Å². The summed E-state index contributed by atoms with van der Waals surface area (Å²) < 4.78 is 13.0. The van der Waals surface area contributed by atoms with Crippen LogP contribution in [0, 0.1) is 22.9 Å². The molecule has 0 heterocycles. The average Bonchev–Trinajstić information content (AvgIpc) is 2.02. The van der Waals surface area contributed by atoms with Crippen LogP contribution in [0.25, 0.3) is 0 Å². The first kappa shape index (κ1) is 10.6. The summed E-state index contributed by atoms with van der Waals surface area (Å²) in [5, 5.41) is 19.6. The Morgan fingerprint density at radius 2 is 2.14 bits per heavy atom.